The molecule has 0 aliphatic carbocycles. The lowest BCUT2D eigenvalue weighted by Crippen LogP contribution is -2.24. The third-order valence-electron chi connectivity index (χ3n) is 2.20. The third-order valence-corrected chi connectivity index (χ3v) is 3.05. The molecule has 20 heavy (non-hydrogen) atoms. The fourth-order valence-electron chi connectivity index (χ4n) is 1.34. The molecule has 6 nitrogen and oxygen atoms in total. The topological polar surface area (TPSA) is 93.8 Å². The number of amides is 2. The first-order valence-electron chi connectivity index (χ1n) is 5.59. The molecular weight excluding hydrogens is 278 g/mol. The number of carbonyl (C=O) groups excluding carboxylic acids is 2. The van der Waals surface area contributed by atoms with E-state index in [1.165, 1.54) is 17.6 Å². The molecule has 2 aromatic rings. The fourth-order valence-corrected chi connectivity index (χ4v) is 1.94. The Morgan fingerprint density at radius 1 is 1.25 bits per heavy atom. The van der Waals surface area contributed by atoms with Crippen LogP contribution in [0.4, 0.5) is 4.79 Å². The van der Waals surface area contributed by atoms with Crippen LogP contribution in [0.5, 0.6) is 5.75 Å². The number of hydrazone groups is 1. The van der Waals surface area contributed by atoms with E-state index in [2.05, 4.69) is 10.5 Å². The van der Waals surface area contributed by atoms with Gasteiger partial charge in [0.05, 0.1) is 6.21 Å². The second kappa shape index (κ2) is 6.48. The normalized spacial score (nSPS) is 10.4. The van der Waals surface area contributed by atoms with Crippen molar-refractivity contribution in [3.05, 3.63) is 52.2 Å². The maximum atomic E-state index is 11.7. The van der Waals surface area contributed by atoms with Gasteiger partial charge in [-0.1, -0.05) is 6.07 Å². The number of carbonyl (C=O) groups is 2. The highest BCUT2D eigenvalue weighted by Gasteiger charge is 2.08. The van der Waals surface area contributed by atoms with Crippen LogP contribution in [-0.4, -0.2) is 18.2 Å². The molecule has 3 N–H and O–H groups in total. The van der Waals surface area contributed by atoms with Gasteiger partial charge in [-0.15, -0.1) is 11.3 Å². The molecule has 102 valence electrons. The lowest BCUT2D eigenvalue weighted by Gasteiger charge is -2.02. The number of thiophene rings is 1. The van der Waals surface area contributed by atoms with E-state index < -0.39 is 12.0 Å². The van der Waals surface area contributed by atoms with E-state index in [1.807, 2.05) is 5.38 Å². The second-order valence-corrected chi connectivity index (χ2v) is 4.62. The lowest BCUT2D eigenvalue weighted by molar-refractivity contribution is 0.0740. The summed E-state index contributed by atoms with van der Waals surface area (Å²) < 4.78 is 5.19. The smallest absolute Gasteiger partial charge is 0.353 e. The van der Waals surface area contributed by atoms with E-state index >= 15 is 0 Å². The Bertz CT molecular complexity index is 621. The van der Waals surface area contributed by atoms with Crippen LogP contribution in [-0.2, 0) is 0 Å². The van der Waals surface area contributed by atoms with Gasteiger partial charge in [-0.3, -0.25) is 0 Å². The minimum atomic E-state index is -0.734. The first-order valence-corrected chi connectivity index (χ1v) is 6.47. The molecule has 2 amide bonds. The van der Waals surface area contributed by atoms with Crippen molar-refractivity contribution in [2.75, 3.05) is 0 Å². The Kier molecular flexibility index (Phi) is 4.46. The van der Waals surface area contributed by atoms with Gasteiger partial charge in [0.15, 0.2) is 0 Å². The van der Waals surface area contributed by atoms with Crippen LogP contribution in [0.15, 0.2) is 46.9 Å². The van der Waals surface area contributed by atoms with E-state index in [-0.39, 0.29) is 0 Å². The van der Waals surface area contributed by atoms with Crippen LogP contribution in [0.25, 0.3) is 0 Å². The van der Waals surface area contributed by atoms with E-state index in [4.69, 9.17) is 10.5 Å². The largest absolute Gasteiger partial charge is 0.422 e. The van der Waals surface area contributed by atoms with E-state index in [0.717, 1.165) is 5.56 Å². The summed E-state index contributed by atoms with van der Waals surface area (Å²) >= 11 is 1.32. The monoisotopic (exact) mass is 289 g/mol. The van der Waals surface area contributed by atoms with Crippen molar-refractivity contribution < 1.29 is 14.3 Å². The molecule has 1 aromatic carbocycles. The molecule has 0 spiro atoms. The number of primary amides is 1. The standard InChI is InChI=1S/C13H11N3O3S/c14-13(18)16-15-8-9-3-5-10(6-4-9)19-12(17)11-2-1-7-20-11/h1-8H,(H3,14,16,18). The van der Waals surface area contributed by atoms with Crippen molar-refractivity contribution in [2.45, 2.75) is 0 Å². The number of benzene rings is 1. The summed E-state index contributed by atoms with van der Waals surface area (Å²) in [6.45, 7) is 0. The average Bonchev–Trinajstić information content (AvgIpc) is 2.94. The predicted molar refractivity (Wildman–Crippen MR) is 76.0 cm³/mol. The predicted octanol–water partition coefficient (Wildman–Crippen LogP) is 1.97. The van der Waals surface area contributed by atoms with Gasteiger partial charge in [-0.05, 0) is 41.3 Å². The Balaban J connectivity index is 1.96. The Hall–Kier alpha value is -2.67. The quantitative estimate of drug-likeness (QED) is 0.390. The zero-order valence-electron chi connectivity index (χ0n) is 10.3. The van der Waals surface area contributed by atoms with Crippen LogP contribution in [0.1, 0.15) is 15.2 Å². The highest BCUT2D eigenvalue weighted by molar-refractivity contribution is 7.12. The number of hydrogen-bond acceptors (Lipinski definition) is 5. The van der Waals surface area contributed by atoms with Gasteiger partial charge >= 0.3 is 12.0 Å². The van der Waals surface area contributed by atoms with E-state index in [1.54, 1.807) is 36.4 Å². The first kappa shape index (κ1) is 13.8. The van der Waals surface area contributed by atoms with Crippen molar-refractivity contribution in [2.24, 2.45) is 10.8 Å². The summed E-state index contributed by atoms with van der Waals surface area (Å²) in [7, 11) is 0. The first-order chi connectivity index (χ1) is 9.65. The molecule has 0 bridgehead atoms. The van der Waals surface area contributed by atoms with Crippen molar-refractivity contribution in [3.63, 3.8) is 0 Å². The summed E-state index contributed by atoms with van der Waals surface area (Å²) in [5.74, 6) is 0.0419. The molecule has 0 saturated heterocycles. The Morgan fingerprint density at radius 2 is 2.00 bits per heavy atom. The fraction of sp³-hybridized carbons (Fsp3) is 0. The van der Waals surface area contributed by atoms with Gasteiger partial charge in [-0.25, -0.2) is 15.0 Å². The summed E-state index contributed by atoms with van der Waals surface area (Å²) in [6.07, 6.45) is 1.43. The molecule has 0 aliphatic rings. The van der Waals surface area contributed by atoms with Crippen molar-refractivity contribution in [1.82, 2.24) is 5.43 Å². The summed E-state index contributed by atoms with van der Waals surface area (Å²) in [5, 5.41) is 5.42. The van der Waals surface area contributed by atoms with Crippen molar-refractivity contribution in [3.8, 4) is 5.75 Å². The number of urea groups is 1. The number of hydrogen-bond donors (Lipinski definition) is 2. The molecule has 0 unspecified atom stereocenters. The molecule has 7 heteroatoms. The molecule has 0 atom stereocenters. The summed E-state index contributed by atoms with van der Waals surface area (Å²) in [5.41, 5.74) is 7.68. The number of nitrogens with two attached hydrogens (primary N) is 1. The minimum absolute atomic E-state index is 0.392. The number of esters is 1. The van der Waals surface area contributed by atoms with Crippen LogP contribution >= 0.6 is 11.3 Å². The Morgan fingerprint density at radius 3 is 2.60 bits per heavy atom. The molecule has 0 aliphatic heterocycles. The SMILES string of the molecule is NC(=O)NN=Cc1ccc(OC(=O)c2cccs2)cc1. The highest BCUT2D eigenvalue weighted by atomic mass is 32.1. The number of ether oxygens (including phenoxy) is 1. The van der Waals surface area contributed by atoms with Crippen LogP contribution in [0.2, 0.25) is 0 Å². The third kappa shape index (κ3) is 3.92. The zero-order valence-corrected chi connectivity index (χ0v) is 11.1. The summed E-state index contributed by atoms with van der Waals surface area (Å²) in [4.78, 5) is 22.7. The van der Waals surface area contributed by atoms with Gasteiger partial charge in [0.25, 0.3) is 0 Å². The van der Waals surface area contributed by atoms with Gasteiger partial charge in [0, 0.05) is 0 Å². The van der Waals surface area contributed by atoms with E-state index in [9.17, 15) is 9.59 Å². The number of rotatable bonds is 4. The second-order valence-electron chi connectivity index (χ2n) is 3.67. The lowest BCUT2D eigenvalue weighted by atomic mass is 10.2. The number of nitrogens with one attached hydrogen (secondary N) is 1. The number of nitrogens with zero attached hydrogens (tertiary/aromatic N) is 1. The molecule has 0 radical (unpaired) electrons. The zero-order chi connectivity index (χ0) is 14.4. The Labute approximate surface area is 118 Å². The van der Waals surface area contributed by atoms with Gasteiger partial charge in [0.2, 0.25) is 0 Å². The van der Waals surface area contributed by atoms with E-state index in [0.29, 0.717) is 10.6 Å². The molecule has 2 rings (SSSR count). The summed E-state index contributed by atoms with van der Waals surface area (Å²) in [6, 6.07) is 9.42. The molecule has 1 heterocycles. The molecule has 0 saturated carbocycles. The van der Waals surface area contributed by atoms with Crippen molar-refractivity contribution >= 4 is 29.6 Å². The van der Waals surface area contributed by atoms with Gasteiger partial charge in [-0.2, -0.15) is 5.10 Å². The minimum Gasteiger partial charge on any atom is -0.422 e. The van der Waals surface area contributed by atoms with Crippen LogP contribution in [0.3, 0.4) is 0 Å². The van der Waals surface area contributed by atoms with Crippen LogP contribution in [0, 0.1) is 0 Å². The molecule has 1 aromatic heterocycles. The maximum Gasteiger partial charge on any atom is 0.353 e. The van der Waals surface area contributed by atoms with Gasteiger partial charge < -0.3 is 10.5 Å². The average molecular weight is 289 g/mol. The van der Waals surface area contributed by atoms with Crippen molar-refractivity contribution in [1.29, 1.82) is 0 Å². The van der Waals surface area contributed by atoms with Gasteiger partial charge in [0.1, 0.15) is 10.6 Å². The molecule has 0 fully saturated rings. The molecular formula is C13H11N3O3S. The maximum absolute atomic E-state index is 11.7. The highest BCUT2D eigenvalue weighted by Crippen LogP contribution is 2.16. The van der Waals surface area contributed by atoms with Crippen LogP contribution < -0.4 is 15.9 Å².